The number of hydrogen-bond acceptors (Lipinski definition) is 3. The van der Waals surface area contributed by atoms with Crippen LogP contribution in [-0.2, 0) is 6.42 Å². The number of amides is 1. The van der Waals surface area contributed by atoms with Crippen LogP contribution in [0.4, 0.5) is 0 Å². The van der Waals surface area contributed by atoms with E-state index in [1.54, 1.807) is 12.1 Å². The maximum atomic E-state index is 12.1. The minimum atomic E-state index is -0.229. The Morgan fingerprint density at radius 2 is 2.26 bits per heavy atom. The molecule has 0 bridgehead atoms. The molecule has 1 aliphatic rings. The van der Waals surface area contributed by atoms with Gasteiger partial charge in [0.25, 0.3) is 5.91 Å². The molecule has 1 saturated carbocycles. The van der Waals surface area contributed by atoms with Crippen LogP contribution in [0.15, 0.2) is 18.2 Å². The summed E-state index contributed by atoms with van der Waals surface area (Å²) in [6.07, 6.45) is 3.10. The number of nitriles is 1. The van der Waals surface area contributed by atoms with Gasteiger partial charge in [-0.25, -0.2) is 0 Å². The molecule has 1 aromatic rings. The highest BCUT2D eigenvalue weighted by Gasteiger charge is 2.30. The molecule has 100 valence electrons. The van der Waals surface area contributed by atoms with E-state index >= 15 is 0 Å². The van der Waals surface area contributed by atoms with Gasteiger partial charge in [0.2, 0.25) is 0 Å². The van der Waals surface area contributed by atoms with Gasteiger partial charge in [-0.15, -0.1) is 0 Å². The van der Waals surface area contributed by atoms with E-state index in [0.29, 0.717) is 17.9 Å². The summed E-state index contributed by atoms with van der Waals surface area (Å²) in [5, 5.41) is 21.2. The van der Waals surface area contributed by atoms with Gasteiger partial charge in [0.15, 0.2) is 0 Å². The smallest absolute Gasteiger partial charge is 0.255 e. The molecule has 4 nitrogen and oxygen atoms in total. The van der Waals surface area contributed by atoms with Gasteiger partial charge >= 0.3 is 0 Å². The number of hydrogen-bond donors (Lipinski definition) is 2. The average Bonchev–Trinajstić information content (AvgIpc) is 2.36. The molecule has 0 heterocycles. The number of carbonyl (C=O) groups excluding carboxylic acids is 1. The lowest BCUT2D eigenvalue weighted by Gasteiger charge is -2.34. The van der Waals surface area contributed by atoms with Gasteiger partial charge in [-0.1, -0.05) is 13.0 Å². The molecule has 0 spiro atoms. The van der Waals surface area contributed by atoms with E-state index in [2.05, 4.69) is 11.4 Å². The summed E-state index contributed by atoms with van der Waals surface area (Å²) in [4.78, 5) is 12.1. The van der Waals surface area contributed by atoms with E-state index in [0.717, 1.165) is 24.8 Å². The minimum Gasteiger partial charge on any atom is -0.507 e. The van der Waals surface area contributed by atoms with Crippen molar-refractivity contribution in [2.45, 2.75) is 38.6 Å². The number of phenols is 1. The second kappa shape index (κ2) is 5.75. The first-order valence-corrected chi connectivity index (χ1v) is 6.63. The Morgan fingerprint density at radius 1 is 1.53 bits per heavy atom. The third-order valence-corrected chi connectivity index (χ3v) is 3.66. The van der Waals surface area contributed by atoms with Gasteiger partial charge in [0.05, 0.1) is 11.6 Å². The van der Waals surface area contributed by atoms with Crippen molar-refractivity contribution < 1.29 is 9.90 Å². The summed E-state index contributed by atoms with van der Waals surface area (Å²) in [6, 6.07) is 7.39. The zero-order valence-corrected chi connectivity index (χ0v) is 11.0. The topological polar surface area (TPSA) is 73.1 Å². The van der Waals surface area contributed by atoms with E-state index in [9.17, 15) is 9.90 Å². The molecule has 0 aliphatic heterocycles. The van der Waals surface area contributed by atoms with Crippen molar-refractivity contribution in [3.63, 3.8) is 0 Å². The third kappa shape index (κ3) is 3.05. The van der Waals surface area contributed by atoms with Gasteiger partial charge in [-0.3, -0.25) is 4.79 Å². The summed E-state index contributed by atoms with van der Waals surface area (Å²) in [5.41, 5.74) is 1.36. The van der Waals surface area contributed by atoms with Crippen molar-refractivity contribution >= 4 is 5.91 Å². The van der Waals surface area contributed by atoms with Gasteiger partial charge < -0.3 is 10.4 Å². The average molecular weight is 258 g/mol. The Balaban J connectivity index is 1.96. The maximum absolute atomic E-state index is 12.1. The first kappa shape index (κ1) is 13.4. The summed E-state index contributed by atoms with van der Waals surface area (Å²) in [6.45, 7) is 2.01. The molecule has 2 N–H and O–H groups in total. The Hall–Kier alpha value is -2.02. The van der Waals surface area contributed by atoms with Crippen molar-refractivity contribution in [1.29, 1.82) is 5.26 Å². The molecule has 1 aliphatic carbocycles. The summed E-state index contributed by atoms with van der Waals surface area (Å²) < 4.78 is 0. The highest BCUT2D eigenvalue weighted by Crippen LogP contribution is 2.30. The Bertz CT molecular complexity index is 513. The maximum Gasteiger partial charge on any atom is 0.255 e. The van der Waals surface area contributed by atoms with Crippen LogP contribution in [-0.4, -0.2) is 17.1 Å². The molecule has 0 aromatic heterocycles. The van der Waals surface area contributed by atoms with Gasteiger partial charge in [-0.05, 0) is 42.9 Å². The van der Waals surface area contributed by atoms with Crippen LogP contribution in [0.1, 0.15) is 42.1 Å². The predicted octanol–water partition coefficient (Wildman–Crippen LogP) is 2.38. The Labute approximate surface area is 113 Å². The van der Waals surface area contributed by atoms with Crippen LogP contribution in [0.5, 0.6) is 5.75 Å². The van der Waals surface area contributed by atoms with E-state index in [1.807, 2.05) is 13.0 Å². The van der Waals surface area contributed by atoms with E-state index in [4.69, 9.17) is 5.26 Å². The first-order chi connectivity index (χ1) is 9.13. The molecule has 0 unspecified atom stereocenters. The number of carbonyl (C=O) groups is 1. The fraction of sp³-hybridized carbons (Fsp3) is 0.467. The van der Waals surface area contributed by atoms with Crippen molar-refractivity contribution in [2.24, 2.45) is 5.92 Å². The zero-order chi connectivity index (χ0) is 13.8. The van der Waals surface area contributed by atoms with E-state index in [1.165, 1.54) is 0 Å². The number of benzene rings is 1. The number of aryl methyl sites for hydroxylation is 1. The molecule has 4 heteroatoms. The molecule has 1 aromatic carbocycles. The Morgan fingerprint density at radius 3 is 2.89 bits per heavy atom. The standard InChI is InChI=1S/C15H18N2O2/c1-2-10-3-4-14(18)13(9-10)15(19)17-12-7-11(8-12)5-6-16/h3-4,9,11-12,18H,2,5,7-8H2,1H3,(H,17,19). The quantitative estimate of drug-likeness (QED) is 0.870. The lowest BCUT2D eigenvalue weighted by Crippen LogP contribution is -2.44. The molecule has 0 atom stereocenters. The lowest BCUT2D eigenvalue weighted by molar-refractivity contribution is 0.0888. The molecular formula is C15H18N2O2. The third-order valence-electron chi connectivity index (χ3n) is 3.66. The molecule has 19 heavy (non-hydrogen) atoms. The summed E-state index contributed by atoms with van der Waals surface area (Å²) in [5.74, 6) is 0.196. The van der Waals surface area contributed by atoms with Gasteiger partial charge in [0.1, 0.15) is 5.75 Å². The van der Waals surface area contributed by atoms with Gasteiger partial charge in [0, 0.05) is 12.5 Å². The fourth-order valence-corrected chi connectivity index (χ4v) is 2.40. The van der Waals surface area contributed by atoms with E-state index < -0.39 is 0 Å². The van der Waals surface area contributed by atoms with Crippen LogP contribution in [0.25, 0.3) is 0 Å². The molecule has 0 saturated heterocycles. The van der Waals surface area contributed by atoms with Crippen molar-refractivity contribution in [3.8, 4) is 11.8 Å². The largest absolute Gasteiger partial charge is 0.507 e. The SMILES string of the molecule is CCc1ccc(O)c(C(=O)NC2CC(CC#N)C2)c1. The number of phenolic OH excluding ortho intramolecular Hbond substituents is 1. The second-order valence-corrected chi connectivity index (χ2v) is 5.08. The number of nitrogens with zero attached hydrogens (tertiary/aromatic N) is 1. The minimum absolute atomic E-state index is 0.0163. The molecular weight excluding hydrogens is 240 g/mol. The first-order valence-electron chi connectivity index (χ1n) is 6.63. The van der Waals surface area contributed by atoms with Crippen LogP contribution in [0, 0.1) is 17.2 Å². The molecule has 0 radical (unpaired) electrons. The van der Waals surface area contributed by atoms with Crippen LogP contribution in [0.3, 0.4) is 0 Å². The normalized spacial score (nSPS) is 21.3. The number of aromatic hydroxyl groups is 1. The van der Waals surface area contributed by atoms with Gasteiger partial charge in [-0.2, -0.15) is 5.26 Å². The van der Waals surface area contributed by atoms with Crippen LogP contribution >= 0.6 is 0 Å². The van der Waals surface area contributed by atoms with Crippen LogP contribution in [0.2, 0.25) is 0 Å². The number of rotatable bonds is 4. The molecule has 2 rings (SSSR count). The second-order valence-electron chi connectivity index (χ2n) is 5.08. The van der Waals surface area contributed by atoms with Crippen LogP contribution < -0.4 is 5.32 Å². The number of nitrogens with one attached hydrogen (secondary N) is 1. The van der Waals surface area contributed by atoms with Crippen molar-refractivity contribution in [3.05, 3.63) is 29.3 Å². The highest BCUT2D eigenvalue weighted by atomic mass is 16.3. The summed E-state index contributed by atoms with van der Waals surface area (Å²) in [7, 11) is 0. The molecule has 1 amide bonds. The van der Waals surface area contributed by atoms with Crippen molar-refractivity contribution in [1.82, 2.24) is 5.32 Å². The Kier molecular flexibility index (Phi) is 4.06. The lowest BCUT2D eigenvalue weighted by atomic mass is 9.78. The molecule has 1 fully saturated rings. The van der Waals surface area contributed by atoms with E-state index in [-0.39, 0.29) is 17.7 Å². The monoisotopic (exact) mass is 258 g/mol. The summed E-state index contributed by atoms with van der Waals surface area (Å²) >= 11 is 0. The zero-order valence-electron chi connectivity index (χ0n) is 11.0. The van der Waals surface area contributed by atoms with Crippen molar-refractivity contribution in [2.75, 3.05) is 0 Å². The predicted molar refractivity (Wildman–Crippen MR) is 71.7 cm³/mol. The highest BCUT2D eigenvalue weighted by molar-refractivity contribution is 5.97. The fourth-order valence-electron chi connectivity index (χ4n) is 2.40.